The summed E-state index contributed by atoms with van der Waals surface area (Å²) in [5, 5.41) is 21.2. The molecule has 2 aromatic carbocycles. The highest BCUT2D eigenvalue weighted by Crippen LogP contribution is 2.25. The third-order valence-electron chi connectivity index (χ3n) is 2.84. The molecule has 0 aliphatic heterocycles. The van der Waals surface area contributed by atoms with E-state index in [9.17, 15) is 4.79 Å². The normalized spacial score (nSPS) is 9.85. The molecule has 0 amide bonds. The first-order chi connectivity index (χ1) is 9.51. The number of anilines is 2. The Labute approximate surface area is 124 Å². The zero-order chi connectivity index (χ0) is 14.7. The van der Waals surface area contributed by atoms with E-state index in [1.54, 1.807) is 43.3 Å². The number of carboxylic acid groups (broad SMARTS) is 1. The fourth-order valence-corrected chi connectivity index (χ4v) is 2.22. The van der Waals surface area contributed by atoms with Gasteiger partial charge in [-0.1, -0.05) is 15.9 Å². The fraction of sp³-hybridized carbons (Fsp3) is 0.0667. The van der Waals surface area contributed by atoms with Gasteiger partial charge < -0.3 is 10.4 Å². The first-order valence-corrected chi connectivity index (χ1v) is 6.61. The number of hydrogen-bond acceptors (Lipinski definition) is 3. The Kier molecular flexibility index (Phi) is 4.06. The van der Waals surface area contributed by atoms with Gasteiger partial charge in [-0.25, -0.2) is 4.79 Å². The Hall–Kier alpha value is -2.32. The smallest absolute Gasteiger partial charge is 0.335 e. The number of benzene rings is 2. The summed E-state index contributed by atoms with van der Waals surface area (Å²) in [7, 11) is 0. The van der Waals surface area contributed by atoms with Crippen LogP contribution in [0.25, 0.3) is 0 Å². The zero-order valence-corrected chi connectivity index (χ0v) is 12.2. The van der Waals surface area contributed by atoms with Crippen LogP contribution < -0.4 is 5.32 Å². The van der Waals surface area contributed by atoms with Crippen LogP contribution in [0.5, 0.6) is 0 Å². The van der Waals surface area contributed by atoms with E-state index in [1.807, 2.05) is 0 Å². The second-order valence-electron chi connectivity index (χ2n) is 4.26. The van der Waals surface area contributed by atoms with Crippen molar-refractivity contribution < 1.29 is 9.90 Å². The van der Waals surface area contributed by atoms with Gasteiger partial charge in [0.15, 0.2) is 0 Å². The lowest BCUT2D eigenvalue weighted by molar-refractivity contribution is 0.0696. The van der Waals surface area contributed by atoms with Crippen molar-refractivity contribution in [1.29, 1.82) is 5.26 Å². The maximum absolute atomic E-state index is 11.0. The van der Waals surface area contributed by atoms with Crippen molar-refractivity contribution in [3.8, 4) is 6.07 Å². The third-order valence-corrected chi connectivity index (χ3v) is 3.33. The summed E-state index contributed by atoms with van der Waals surface area (Å²) in [6, 6.07) is 12.4. The SMILES string of the molecule is Cc1cc(Nc2cc(Br)ccc2C#N)ccc1C(=O)O. The summed E-state index contributed by atoms with van der Waals surface area (Å²) < 4.78 is 0.859. The Morgan fingerprint density at radius 2 is 2.05 bits per heavy atom. The highest BCUT2D eigenvalue weighted by atomic mass is 79.9. The lowest BCUT2D eigenvalue weighted by Crippen LogP contribution is -2.01. The summed E-state index contributed by atoms with van der Waals surface area (Å²) in [5.74, 6) is -0.950. The molecule has 0 fully saturated rings. The van der Waals surface area contributed by atoms with Crippen LogP contribution in [0.3, 0.4) is 0 Å². The van der Waals surface area contributed by atoms with Gasteiger partial charge in [0.2, 0.25) is 0 Å². The monoisotopic (exact) mass is 330 g/mol. The van der Waals surface area contributed by atoms with Crippen molar-refractivity contribution in [3.63, 3.8) is 0 Å². The molecule has 0 saturated heterocycles. The number of hydrogen-bond donors (Lipinski definition) is 2. The van der Waals surface area contributed by atoms with Gasteiger partial charge >= 0.3 is 5.97 Å². The van der Waals surface area contributed by atoms with E-state index in [2.05, 4.69) is 27.3 Å². The fourth-order valence-electron chi connectivity index (χ4n) is 1.85. The first-order valence-electron chi connectivity index (χ1n) is 5.82. The minimum absolute atomic E-state index is 0.269. The van der Waals surface area contributed by atoms with Crippen molar-refractivity contribution in [2.45, 2.75) is 6.92 Å². The van der Waals surface area contributed by atoms with Crippen LogP contribution in [0.1, 0.15) is 21.5 Å². The van der Waals surface area contributed by atoms with Gasteiger partial charge in [-0.05, 0) is 48.9 Å². The Morgan fingerprint density at radius 1 is 1.30 bits per heavy atom. The number of nitriles is 1. The lowest BCUT2D eigenvalue weighted by Gasteiger charge is -2.10. The molecule has 2 rings (SSSR count). The summed E-state index contributed by atoms with van der Waals surface area (Å²) in [6.07, 6.45) is 0. The Balaban J connectivity index is 2.36. The summed E-state index contributed by atoms with van der Waals surface area (Å²) >= 11 is 3.36. The molecule has 0 unspecified atom stereocenters. The minimum Gasteiger partial charge on any atom is -0.478 e. The van der Waals surface area contributed by atoms with Crippen LogP contribution >= 0.6 is 15.9 Å². The number of nitrogens with one attached hydrogen (secondary N) is 1. The van der Waals surface area contributed by atoms with Crippen LogP contribution in [0.4, 0.5) is 11.4 Å². The molecule has 0 aliphatic rings. The number of carbonyl (C=O) groups is 1. The van der Waals surface area contributed by atoms with E-state index in [-0.39, 0.29) is 5.56 Å². The third kappa shape index (κ3) is 2.98. The van der Waals surface area contributed by atoms with E-state index < -0.39 is 5.97 Å². The van der Waals surface area contributed by atoms with Gasteiger partial charge in [0.1, 0.15) is 6.07 Å². The van der Waals surface area contributed by atoms with Crippen LogP contribution in [-0.2, 0) is 0 Å². The van der Waals surface area contributed by atoms with E-state index >= 15 is 0 Å². The topological polar surface area (TPSA) is 73.1 Å². The van der Waals surface area contributed by atoms with Gasteiger partial charge in [-0.15, -0.1) is 0 Å². The summed E-state index contributed by atoms with van der Waals surface area (Å²) in [4.78, 5) is 11.0. The van der Waals surface area contributed by atoms with E-state index in [0.29, 0.717) is 16.8 Å². The van der Waals surface area contributed by atoms with Crippen LogP contribution in [0, 0.1) is 18.3 Å². The summed E-state index contributed by atoms with van der Waals surface area (Å²) in [6.45, 7) is 1.74. The van der Waals surface area contributed by atoms with Gasteiger partial charge in [-0.2, -0.15) is 5.26 Å². The van der Waals surface area contributed by atoms with Gasteiger partial charge in [0.25, 0.3) is 0 Å². The molecule has 0 saturated carbocycles. The molecule has 0 atom stereocenters. The van der Waals surface area contributed by atoms with Crippen LogP contribution in [0.15, 0.2) is 40.9 Å². The predicted octanol–water partition coefficient (Wildman–Crippen LogP) is 4.07. The average Bonchev–Trinajstić information content (AvgIpc) is 2.38. The molecule has 0 spiro atoms. The standard InChI is InChI=1S/C15H11BrN2O2/c1-9-6-12(4-5-13(9)15(19)20)18-14-7-11(16)3-2-10(14)8-17/h2-7,18H,1H3,(H,19,20). The summed E-state index contributed by atoms with van der Waals surface area (Å²) in [5.41, 5.74) is 2.86. The highest BCUT2D eigenvalue weighted by molar-refractivity contribution is 9.10. The molecule has 0 aliphatic carbocycles. The molecule has 4 nitrogen and oxygen atoms in total. The maximum Gasteiger partial charge on any atom is 0.335 e. The highest BCUT2D eigenvalue weighted by Gasteiger charge is 2.08. The molecule has 5 heteroatoms. The molecular weight excluding hydrogens is 320 g/mol. The molecule has 0 aromatic heterocycles. The largest absolute Gasteiger partial charge is 0.478 e. The molecule has 2 aromatic rings. The van der Waals surface area contributed by atoms with Crippen molar-refractivity contribution in [1.82, 2.24) is 0 Å². The van der Waals surface area contributed by atoms with Gasteiger partial charge in [0, 0.05) is 10.2 Å². The predicted molar refractivity (Wildman–Crippen MR) is 80.3 cm³/mol. The van der Waals surface area contributed by atoms with Crippen molar-refractivity contribution in [2.75, 3.05) is 5.32 Å². The minimum atomic E-state index is -0.950. The molecule has 0 radical (unpaired) electrons. The van der Waals surface area contributed by atoms with Gasteiger partial charge in [-0.3, -0.25) is 0 Å². The number of nitrogens with zero attached hydrogens (tertiary/aromatic N) is 1. The number of aromatic carboxylic acids is 1. The maximum atomic E-state index is 11.0. The second-order valence-corrected chi connectivity index (χ2v) is 5.18. The van der Waals surface area contributed by atoms with E-state index in [1.165, 1.54) is 0 Å². The van der Waals surface area contributed by atoms with E-state index in [4.69, 9.17) is 10.4 Å². The van der Waals surface area contributed by atoms with Crippen molar-refractivity contribution >= 4 is 33.3 Å². The number of rotatable bonds is 3. The van der Waals surface area contributed by atoms with Crippen molar-refractivity contribution in [2.24, 2.45) is 0 Å². The van der Waals surface area contributed by atoms with Crippen molar-refractivity contribution in [3.05, 3.63) is 57.6 Å². The molecule has 2 N–H and O–H groups in total. The molecule has 0 heterocycles. The number of carboxylic acids is 1. The first kappa shape index (κ1) is 14.1. The number of aryl methyl sites for hydroxylation is 1. The Bertz CT molecular complexity index is 720. The molecule has 0 bridgehead atoms. The van der Waals surface area contributed by atoms with Gasteiger partial charge in [0.05, 0.1) is 16.8 Å². The number of halogens is 1. The zero-order valence-electron chi connectivity index (χ0n) is 10.6. The van der Waals surface area contributed by atoms with Crippen LogP contribution in [-0.4, -0.2) is 11.1 Å². The van der Waals surface area contributed by atoms with E-state index in [0.717, 1.165) is 10.2 Å². The molecule has 20 heavy (non-hydrogen) atoms. The molecular formula is C15H11BrN2O2. The van der Waals surface area contributed by atoms with Crippen LogP contribution in [0.2, 0.25) is 0 Å². The average molecular weight is 331 g/mol. The second kappa shape index (κ2) is 5.76. The molecule has 100 valence electrons. The lowest BCUT2D eigenvalue weighted by atomic mass is 10.1. The quantitative estimate of drug-likeness (QED) is 0.889. The Morgan fingerprint density at radius 3 is 2.65 bits per heavy atom.